The second-order valence-corrected chi connectivity index (χ2v) is 5.37. The van der Waals surface area contributed by atoms with Crippen molar-refractivity contribution in [1.82, 2.24) is 0 Å². The summed E-state index contributed by atoms with van der Waals surface area (Å²) >= 11 is 0. The van der Waals surface area contributed by atoms with E-state index in [9.17, 15) is 5.11 Å². The van der Waals surface area contributed by atoms with E-state index in [1.54, 1.807) is 6.07 Å². The maximum Gasteiger partial charge on any atom is 0.115 e. The van der Waals surface area contributed by atoms with E-state index in [0.717, 1.165) is 6.42 Å². The van der Waals surface area contributed by atoms with Crippen LogP contribution in [-0.4, -0.2) is 5.11 Å². The van der Waals surface area contributed by atoms with Gasteiger partial charge in [-0.15, -0.1) is 0 Å². The number of rotatable bonds is 2. The second kappa shape index (κ2) is 3.26. The van der Waals surface area contributed by atoms with Crippen LogP contribution in [0.1, 0.15) is 45.6 Å². The second-order valence-electron chi connectivity index (χ2n) is 5.37. The van der Waals surface area contributed by atoms with Crippen molar-refractivity contribution in [1.29, 1.82) is 0 Å². The third-order valence-electron chi connectivity index (χ3n) is 4.47. The van der Waals surface area contributed by atoms with Gasteiger partial charge in [-0.05, 0) is 42.4 Å². The molecule has 0 aliphatic heterocycles. The Morgan fingerprint density at radius 2 is 2.00 bits per heavy atom. The van der Waals surface area contributed by atoms with Gasteiger partial charge >= 0.3 is 0 Å². The van der Waals surface area contributed by atoms with Gasteiger partial charge in [0.15, 0.2) is 0 Å². The molecule has 1 N–H and O–H groups in total. The van der Waals surface area contributed by atoms with Crippen molar-refractivity contribution in [3.8, 4) is 5.75 Å². The standard InChI is InChI=1S/C14H20O/c1-4-14(9-8-13(14,2)3)11-6-5-7-12(15)10-11/h5-7,10,15H,4,8-9H2,1-3H3. The maximum absolute atomic E-state index is 9.56. The molecular weight excluding hydrogens is 184 g/mol. The first-order valence-corrected chi connectivity index (χ1v) is 5.81. The average molecular weight is 204 g/mol. The van der Waals surface area contributed by atoms with Crippen molar-refractivity contribution < 1.29 is 5.11 Å². The van der Waals surface area contributed by atoms with E-state index in [1.165, 1.54) is 18.4 Å². The lowest BCUT2D eigenvalue weighted by molar-refractivity contribution is 0.0223. The van der Waals surface area contributed by atoms with Gasteiger partial charge in [-0.2, -0.15) is 0 Å². The molecule has 1 saturated carbocycles. The van der Waals surface area contributed by atoms with Gasteiger partial charge in [0.05, 0.1) is 0 Å². The molecule has 2 rings (SSSR count). The van der Waals surface area contributed by atoms with E-state index in [2.05, 4.69) is 26.8 Å². The number of hydrogen-bond donors (Lipinski definition) is 1. The molecular formula is C14H20O. The fourth-order valence-electron chi connectivity index (χ4n) is 3.12. The summed E-state index contributed by atoms with van der Waals surface area (Å²) in [5, 5.41) is 9.56. The summed E-state index contributed by atoms with van der Waals surface area (Å²) in [6.07, 6.45) is 3.69. The molecule has 0 saturated heterocycles. The molecule has 1 aliphatic rings. The van der Waals surface area contributed by atoms with Crippen molar-refractivity contribution in [3.05, 3.63) is 29.8 Å². The quantitative estimate of drug-likeness (QED) is 0.775. The molecule has 82 valence electrons. The lowest BCUT2D eigenvalue weighted by Gasteiger charge is -2.57. The molecule has 0 radical (unpaired) electrons. The Hall–Kier alpha value is -0.980. The summed E-state index contributed by atoms with van der Waals surface area (Å²) in [4.78, 5) is 0. The Balaban J connectivity index is 2.44. The topological polar surface area (TPSA) is 20.2 Å². The van der Waals surface area contributed by atoms with Crippen molar-refractivity contribution in [2.75, 3.05) is 0 Å². The third-order valence-corrected chi connectivity index (χ3v) is 4.47. The highest BCUT2D eigenvalue weighted by molar-refractivity contribution is 5.37. The summed E-state index contributed by atoms with van der Waals surface area (Å²) in [5.74, 6) is 0.392. The largest absolute Gasteiger partial charge is 0.508 e. The van der Waals surface area contributed by atoms with Crippen LogP contribution in [-0.2, 0) is 5.41 Å². The van der Waals surface area contributed by atoms with Crippen LogP contribution < -0.4 is 0 Å². The highest BCUT2D eigenvalue weighted by Gasteiger charge is 2.52. The van der Waals surface area contributed by atoms with Gasteiger partial charge in [-0.25, -0.2) is 0 Å². The zero-order valence-corrected chi connectivity index (χ0v) is 9.88. The molecule has 0 amide bonds. The van der Waals surface area contributed by atoms with Crippen molar-refractivity contribution in [3.63, 3.8) is 0 Å². The van der Waals surface area contributed by atoms with Gasteiger partial charge in [-0.3, -0.25) is 0 Å². The molecule has 0 bridgehead atoms. The van der Waals surface area contributed by atoms with E-state index in [4.69, 9.17) is 0 Å². The SMILES string of the molecule is CCC1(c2cccc(O)c2)CCC1(C)C. The molecule has 1 heteroatoms. The van der Waals surface area contributed by atoms with E-state index in [-0.39, 0.29) is 5.41 Å². The van der Waals surface area contributed by atoms with Crippen LogP contribution in [0.4, 0.5) is 0 Å². The summed E-state index contributed by atoms with van der Waals surface area (Å²) in [7, 11) is 0. The van der Waals surface area contributed by atoms with E-state index in [0.29, 0.717) is 11.2 Å². The average Bonchev–Trinajstić information content (AvgIpc) is 2.18. The molecule has 0 spiro atoms. The number of benzene rings is 1. The van der Waals surface area contributed by atoms with Gasteiger partial charge in [0.2, 0.25) is 0 Å². The zero-order valence-electron chi connectivity index (χ0n) is 9.88. The van der Waals surface area contributed by atoms with Gasteiger partial charge in [0.1, 0.15) is 5.75 Å². The molecule has 1 fully saturated rings. The normalized spacial score (nSPS) is 28.5. The number of phenolic OH excluding ortho intramolecular Hbond substituents is 1. The molecule has 1 aliphatic carbocycles. The van der Waals surface area contributed by atoms with Crippen molar-refractivity contribution >= 4 is 0 Å². The summed E-state index contributed by atoms with van der Waals surface area (Å²) < 4.78 is 0. The van der Waals surface area contributed by atoms with E-state index in [1.807, 2.05) is 12.1 Å². The smallest absolute Gasteiger partial charge is 0.115 e. The Kier molecular flexibility index (Phi) is 2.29. The van der Waals surface area contributed by atoms with Gasteiger partial charge in [-0.1, -0.05) is 32.9 Å². The predicted molar refractivity (Wildman–Crippen MR) is 63.1 cm³/mol. The molecule has 1 aromatic carbocycles. The molecule has 1 atom stereocenters. The first-order valence-electron chi connectivity index (χ1n) is 5.81. The molecule has 1 unspecified atom stereocenters. The molecule has 15 heavy (non-hydrogen) atoms. The van der Waals surface area contributed by atoms with Crippen LogP contribution >= 0.6 is 0 Å². The van der Waals surface area contributed by atoms with Gasteiger partial charge < -0.3 is 5.11 Å². The van der Waals surface area contributed by atoms with Crippen LogP contribution in [0.25, 0.3) is 0 Å². The first-order chi connectivity index (χ1) is 7.02. The van der Waals surface area contributed by atoms with E-state index < -0.39 is 0 Å². The Morgan fingerprint density at radius 3 is 2.40 bits per heavy atom. The van der Waals surface area contributed by atoms with Crippen molar-refractivity contribution in [2.24, 2.45) is 5.41 Å². The third kappa shape index (κ3) is 1.37. The minimum Gasteiger partial charge on any atom is -0.508 e. The fourth-order valence-corrected chi connectivity index (χ4v) is 3.12. The highest BCUT2D eigenvalue weighted by atomic mass is 16.3. The number of phenols is 1. The van der Waals surface area contributed by atoms with Crippen LogP contribution in [0.5, 0.6) is 5.75 Å². The summed E-state index contributed by atoms with van der Waals surface area (Å²) in [6, 6.07) is 7.80. The summed E-state index contributed by atoms with van der Waals surface area (Å²) in [5.41, 5.74) is 1.96. The Labute approximate surface area is 92.1 Å². The van der Waals surface area contributed by atoms with Gasteiger partial charge in [0, 0.05) is 5.41 Å². The van der Waals surface area contributed by atoms with Crippen LogP contribution in [0.3, 0.4) is 0 Å². The van der Waals surface area contributed by atoms with Gasteiger partial charge in [0.25, 0.3) is 0 Å². The Bertz CT molecular complexity index is 363. The predicted octanol–water partition coefficient (Wildman–Crippen LogP) is 3.86. The number of aromatic hydroxyl groups is 1. The minimum atomic E-state index is 0.283. The first kappa shape index (κ1) is 10.5. The lowest BCUT2D eigenvalue weighted by Crippen LogP contribution is -2.50. The Morgan fingerprint density at radius 1 is 1.27 bits per heavy atom. The maximum atomic E-state index is 9.56. The fraction of sp³-hybridized carbons (Fsp3) is 0.571. The minimum absolute atomic E-state index is 0.283. The van der Waals surface area contributed by atoms with E-state index >= 15 is 0 Å². The van der Waals surface area contributed by atoms with Crippen LogP contribution in [0, 0.1) is 5.41 Å². The van der Waals surface area contributed by atoms with Crippen LogP contribution in [0.2, 0.25) is 0 Å². The van der Waals surface area contributed by atoms with Crippen LogP contribution in [0.15, 0.2) is 24.3 Å². The molecule has 1 nitrogen and oxygen atoms in total. The molecule has 0 heterocycles. The monoisotopic (exact) mass is 204 g/mol. The highest BCUT2D eigenvalue weighted by Crippen LogP contribution is 2.59. The lowest BCUT2D eigenvalue weighted by atomic mass is 9.47. The molecule has 1 aromatic rings. The number of hydrogen-bond acceptors (Lipinski definition) is 1. The zero-order chi connectivity index (χ0) is 11.1. The summed E-state index contributed by atoms with van der Waals surface area (Å²) in [6.45, 7) is 6.93. The van der Waals surface area contributed by atoms with Crippen molar-refractivity contribution in [2.45, 2.75) is 45.4 Å². The molecule has 0 aromatic heterocycles.